The molecule has 1 atom stereocenters. The number of nitrogens with zero attached hydrogens (tertiary/aromatic N) is 2. The molecule has 1 unspecified atom stereocenters. The van der Waals surface area contributed by atoms with Crippen LogP contribution in [0.25, 0.3) is 10.2 Å². The maximum Gasteiger partial charge on any atom is 0.266 e. The number of carbonyl (C=O) groups excluding carboxylic acids is 2. The van der Waals surface area contributed by atoms with Gasteiger partial charge in [-0.15, -0.1) is 11.3 Å². The number of hydrogen-bond acceptors (Lipinski definition) is 5. The summed E-state index contributed by atoms with van der Waals surface area (Å²) >= 11 is 1.36. The van der Waals surface area contributed by atoms with E-state index in [1.165, 1.54) is 11.3 Å². The van der Waals surface area contributed by atoms with Gasteiger partial charge in [-0.25, -0.2) is 4.98 Å². The predicted octanol–water partition coefficient (Wildman–Crippen LogP) is 4.91. The van der Waals surface area contributed by atoms with E-state index in [1.54, 1.807) is 4.90 Å². The lowest BCUT2D eigenvalue weighted by atomic mass is 9.93. The van der Waals surface area contributed by atoms with Gasteiger partial charge in [0.1, 0.15) is 9.71 Å². The fourth-order valence-corrected chi connectivity index (χ4v) is 5.47. The molecule has 1 saturated heterocycles. The first-order valence-corrected chi connectivity index (χ1v) is 11.9. The predicted molar refractivity (Wildman–Crippen MR) is 129 cm³/mol. The number of hydrogen-bond donors (Lipinski definition) is 1. The summed E-state index contributed by atoms with van der Waals surface area (Å²) in [5.41, 5.74) is 3.48. The lowest BCUT2D eigenvalue weighted by molar-refractivity contribution is -0.117. The minimum Gasteiger partial charge on any atom is -0.378 e. The van der Waals surface area contributed by atoms with Crippen molar-refractivity contribution in [2.45, 2.75) is 39.5 Å². The molecule has 1 aliphatic rings. The zero-order valence-electron chi connectivity index (χ0n) is 18.8. The van der Waals surface area contributed by atoms with Gasteiger partial charge in [0, 0.05) is 24.2 Å². The van der Waals surface area contributed by atoms with Crippen LogP contribution in [0.3, 0.4) is 0 Å². The zero-order valence-corrected chi connectivity index (χ0v) is 19.6. The molecule has 0 saturated carbocycles. The molecule has 6 nitrogen and oxygen atoms in total. The van der Waals surface area contributed by atoms with E-state index < -0.39 is 0 Å². The number of amides is 2. The standard InChI is InChI=1S/C25H29N3O3S/c1-4-8-19(18-9-6-5-7-10-18)23(29)27-21-20-16(2)15-17(3)26-24(20)32-22(21)25(30)28-11-13-31-14-12-28/h5-7,9-10,15,19H,4,8,11-14H2,1-3H3,(H,27,29). The molecule has 1 aromatic carbocycles. The first kappa shape index (κ1) is 22.4. The molecule has 1 aliphatic heterocycles. The molecular weight excluding hydrogens is 422 g/mol. The molecule has 2 aromatic heterocycles. The second kappa shape index (κ2) is 9.79. The van der Waals surface area contributed by atoms with E-state index in [9.17, 15) is 9.59 Å². The zero-order chi connectivity index (χ0) is 22.7. The van der Waals surface area contributed by atoms with Crippen molar-refractivity contribution in [3.63, 3.8) is 0 Å². The third-order valence-corrected chi connectivity index (χ3v) is 6.90. The average Bonchev–Trinajstić information content (AvgIpc) is 3.16. The molecule has 3 aromatic rings. The van der Waals surface area contributed by atoms with Crippen molar-refractivity contribution in [1.82, 2.24) is 9.88 Å². The van der Waals surface area contributed by atoms with Crippen molar-refractivity contribution < 1.29 is 14.3 Å². The van der Waals surface area contributed by atoms with Crippen LogP contribution in [0.15, 0.2) is 36.4 Å². The van der Waals surface area contributed by atoms with E-state index in [0.717, 1.165) is 39.9 Å². The van der Waals surface area contributed by atoms with Crippen LogP contribution < -0.4 is 5.32 Å². The molecule has 168 valence electrons. The normalized spacial score (nSPS) is 15.0. The number of fused-ring (bicyclic) bond motifs is 1. The number of anilines is 1. The molecule has 0 spiro atoms. The first-order chi connectivity index (χ1) is 15.5. The van der Waals surface area contributed by atoms with Crippen molar-refractivity contribution in [1.29, 1.82) is 0 Å². The summed E-state index contributed by atoms with van der Waals surface area (Å²) in [5, 5.41) is 4.01. The van der Waals surface area contributed by atoms with Gasteiger partial charge in [0.15, 0.2) is 0 Å². The third-order valence-electron chi connectivity index (χ3n) is 5.82. The van der Waals surface area contributed by atoms with Crippen LogP contribution in [0.1, 0.15) is 52.2 Å². The van der Waals surface area contributed by atoms with E-state index in [1.807, 2.05) is 50.2 Å². The second-order valence-corrected chi connectivity index (χ2v) is 9.21. The van der Waals surface area contributed by atoms with Crippen molar-refractivity contribution in [2.75, 3.05) is 31.6 Å². The summed E-state index contributed by atoms with van der Waals surface area (Å²) in [4.78, 5) is 34.7. The van der Waals surface area contributed by atoms with Gasteiger partial charge < -0.3 is 15.0 Å². The molecule has 0 bridgehead atoms. The van der Waals surface area contributed by atoms with Crippen LogP contribution in [-0.4, -0.2) is 48.0 Å². The maximum absolute atomic E-state index is 13.5. The largest absolute Gasteiger partial charge is 0.378 e. The summed E-state index contributed by atoms with van der Waals surface area (Å²) in [6.07, 6.45) is 1.62. The number of aryl methyl sites for hydroxylation is 2. The number of morpholine rings is 1. The van der Waals surface area contributed by atoms with Crippen molar-refractivity contribution in [3.05, 3.63) is 58.1 Å². The van der Waals surface area contributed by atoms with Crippen molar-refractivity contribution >= 4 is 39.1 Å². The highest BCUT2D eigenvalue weighted by molar-refractivity contribution is 7.21. The highest BCUT2D eigenvalue weighted by Gasteiger charge is 2.29. The molecule has 3 heterocycles. The molecular formula is C25H29N3O3S. The Balaban J connectivity index is 1.75. The lowest BCUT2D eigenvalue weighted by Crippen LogP contribution is -2.40. The third kappa shape index (κ3) is 4.54. The Morgan fingerprint density at radius 2 is 1.91 bits per heavy atom. The summed E-state index contributed by atoms with van der Waals surface area (Å²) in [5.74, 6) is -0.439. The van der Waals surface area contributed by atoms with Gasteiger partial charge in [0.05, 0.1) is 24.8 Å². The summed E-state index contributed by atoms with van der Waals surface area (Å²) < 4.78 is 5.41. The Labute approximate surface area is 192 Å². The number of nitrogens with one attached hydrogen (secondary N) is 1. The number of benzene rings is 1. The van der Waals surface area contributed by atoms with Gasteiger partial charge in [-0.2, -0.15) is 0 Å². The van der Waals surface area contributed by atoms with Crippen LogP contribution in [0, 0.1) is 13.8 Å². The van der Waals surface area contributed by atoms with Crippen LogP contribution in [0.5, 0.6) is 0 Å². The van der Waals surface area contributed by atoms with E-state index in [0.29, 0.717) is 36.9 Å². The van der Waals surface area contributed by atoms with Crippen LogP contribution in [0.4, 0.5) is 5.69 Å². The minimum absolute atomic E-state index is 0.0737. The van der Waals surface area contributed by atoms with Gasteiger partial charge in [-0.3, -0.25) is 9.59 Å². The number of ether oxygens (including phenoxy) is 1. The van der Waals surface area contributed by atoms with Crippen LogP contribution in [-0.2, 0) is 9.53 Å². The molecule has 4 rings (SSSR count). The fraction of sp³-hybridized carbons (Fsp3) is 0.400. The molecule has 0 radical (unpaired) electrons. The Hall–Kier alpha value is -2.77. The number of rotatable bonds is 6. The Kier molecular flexibility index (Phi) is 6.86. The smallest absolute Gasteiger partial charge is 0.266 e. The molecule has 2 amide bonds. The fourth-order valence-electron chi connectivity index (χ4n) is 4.26. The van der Waals surface area contributed by atoms with Gasteiger partial charge >= 0.3 is 0 Å². The van der Waals surface area contributed by atoms with Gasteiger partial charge in [0.2, 0.25) is 5.91 Å². The molecule has 1 fully saturated rings. The molecule has 0 aliphatic carbocycles. The SMILES string of the molecule is CCCC(C(=O)Nc1c(C(=O)N2CCOCC2)sc2nc(C)cc(C)c12)c1ccccc1. The van der Waals surface area contributed by atoms with E-state index in [-0.39, 0.29) is 17.7 Å². The number of carbonyl (C=O) groups is 2. The van der Waals surface area contributed by atoms with E-state index >= 15 is 0 Å². The van der Waals surface area contributed by atoms with Crippen molar-refractivity contribution in [2.24, 2.45) is 0 Å². The monoisotopic (exact) mass is 451 g/mol. The Morgan fingerprint density at radius 3 is 2.59 bits per heavy atom. The Bertz CT molecular complexity index is 1120. The summed E-state index contributed by atoms with van der Waals surface area (Å²) in [7, 11) is 0. The number of aromatic nitrogens is 1. The lowest BCUT2D eigenvalue weighted by Gasteiger charge is -2.27. The van der Waals surface area contributed by atoms with Crippen LogP contribution >= 0.6 is 11.3 Å². The van der Waals surface area contributed by atoms with Gasteiger partial charge in [-0.1, -0.05) is 43.7 Å². The quantitative estimate of drug-likeness (QED) is 0.578. The first-order valence-electron chi connectivity index (χ1n) is 11.1. The highest BCUT2D eigenvalue weighted by atomic mass is 32.1. The van der Waals surface area contributed by atoms with Gasteiger partial charge in [-0.05, 0) is 37.5 Å². The number of pyridine rings is 1. The molecule has 1 N–H and O–H groups in total. The van der Waals surface area contributed by atoms with Crippen molar-refractivity contribution in [3.8, 4) is 0 Å². The minimum atomic E-state index is -0.277. The van der Waals surface area contributed by atoms with E-state index in [2.05, 4.69) is 17.2 Å². The maximum atomic E-state index is 13.5. The number of thiophene rings is 1. The molecule has 7 heteroatoms. The summed E-state index contributed by atoms with van der Waals surface area (Å²) in [6.45, 7) is 8.18. The highest BCUT2D eigenvalue weighted by Crippen LogP contribution is 2.39. The second-order valence-electron chi connectivity index (χ2n) is 8.21. The average molecular weight is 452 g/mol. The van der Waals surface area contributed by atoms with Crippen LogP contribution in [0.2, 0.25) is 0 Å². The molecule has 32 heavy (non-hydrogen) atoms. The Morgan fingerprint density at radius 1 is 1.19 bits per heavy atom. The van der Waals surface area contributed by atoms with Gasteiger partial charge in [0.25, 0.3) is 5.91 Å². The van der Waals surface area contributed by atoms with E-state index in [4.69, 9.17) is 4.74 Å². The topological polar surface area (TPSA) is 71.5 Å². The summed E-state index contributed by atoms with van der Waals surface area (Å²) in [6, 6.07) is 11.8.